The number of hydrogen-bond donors (Lipinski definition) is 0. The van der Waals surface area contributed by atoms with Crippen LogP contribution in [0.15, 0.2) is 42.7 Å². The molecule has 0 radical (unpaired) electrons. The number of aromatic nitrogens is 1. The quantitative estimate of drug-likeness (QED) is 0.782. The molecule has 2 aromatic rings. The van der Waals surface area contributed by atoms with Gasteiger partial charge in [-0.1, -0.05) is 17.7 Å². The van der Waals surface area contributed by atoms with Gasteiger partial charge in [0.2, 0.25) is 0 Å². The number of carbonyl (C=O) groups excluding carboxylic acids is 1. The summed E-state index contributed by atoms with van der Waals surface area (Å²) < 4.78 is 13.2. The summed E-state index contributed by atoms with van der Waals surface area (Å²) >= 11 is 5.55. The highest BCUT2D eigenvalue weighted by Gasteiger charge is 2.09. The number of benzene rings is 1. The van der Waals surface area contributed by atoms with Crippen molar-refractivity contribution in [3.05, 3.63) is 64.7 Å². The molecule has 17 heavy (non-hydrogen) atoms. The lowest BCUT2D eigenvalue weighted by Gasteiger charge is -2.02. The lowest BCUT2D eigenvalue weighted by atomic mass is 10.0. The molecule has 4 heteroatoms. The topological polar surface area (TPSA) is 30.0 Å². The number of rotatable bonds is 3. The van der Waals surface area contributed by atoms with Crippen LogP contribution < -0.4 is 0 Å². The molecular formula is C13H9ClFNO. The zero-order valence-electron chi connectivity index (χ0n) is 8.86. The van der Waals surface area contributed by atoms with Crippen molar-refractivity contribution in [1.29, 1.82) is 0 Å². The molecule has 0 bridgehead atoms. The second kappa shape index (κ2) is 5.06. The van der Waals surface area contributed by atoms with Crippen LogP contribution in [0, 0.1) is 5.82 Å². The van der Waals surface area contributed by atoms with Crippen LogP contribution in [0.4, 0.5) is 4.39 Å². The Labute approximate surface area is 103 Å². The van der Waals surface area contributed by atoms with E-state index < -0.39 is 5.82 Å². The zero-order valence-corrected chi connectivity index (χ0v) is 9.62. The van der Waals surface area contributed by atoms with E-state index in [4.69, 9.17) is 11.6 Å². The van der Waals surface area contributed by atoms with Crippen molar-refractivity contribution in [1.82, 2.24) is 4.98 Å². The fourth-order valence-corrected chi connectivity index (χ4v) is 1.58. The van der Waals surface area contributed by atoms with Gasteiger partial charge in [0.05, 0.1) is 5.02 Å². The van der Waals surface area contributed by atoms with E-state index in [0.717, 1.165) is 11.6 Å². The molecule has 1 aromatic heterocycles. The van der Waals surface area contributed by atoms with Gasteiger partial charge in [0.15, 0.2) is 5.78 Å². The van der Waals surface area contributed by atoms with Gasteiger partial charge in [0, 0.05) is 24.4 Å². The van der Waals surface area contributed by atoms with E-state index >= 15 is 0 Å². The molecule has 0 unspecified atom stereocenters. The molecule has 0 aliphatic rings. The van der Waals surface area contributed by atoms with Gasteiger partial charge in [0.1, 0.15) is 5.82 Å². The highest BCUT2D eigenvalue weighted by molar-refractivity contribution is 6.30. The van der Waals surface area contributed by atoms with Gasteiger partial charge in [-0.25, -0.2) is 4.39 Å². The van der Waals surface area contributed by atoms with Crippen molar-refractivity contribution in [2.45, 2.75) is 6.42 Å². The lowest BCUT2D eigenvalue weighted by molar-refractivity contribution is 0.0992. The fourth-order valence-electron chi connectivity index (χ4n) is 1.46. The average Bonchev–Trinajstić information content (AvgIpc) is 2.34. The second-order valence-corrected chi connectivity index (χ2v) is 4.00. The second-order valence-electron chi connectivity index (χ2n) is 3.59. The number of pyridine rings is 1. The van der Waals surface area contributed by atoms with Crippen molar-refractivity contribution in [2.24, 2.45) is 0 Å². The van der Waals surface area contributed by atoms with Gasteiger partial charge in [-0.05, 0) is 29.8 Å². The maximum absolute atomic E-state index is 13.2. The molecule has 0 saturated heterocycles. The summed E-state index contributed by atoms with van der Waals surface area (Å²) in [4.78, 5) is 15.8. The molecule has 2 rings (SSSR count). The summed E-state index contributed by atoms with van der Waals surface area (Å²) in [5.74, 6) is -0.739. The van der Waals surface area contributed by atoms with Crippen LogP contribution in [0.1, 0.15) is 15.9 Å². The molecule has 2 nitrogen and oxygen atoms in total. The Bertz CT molecular complexity index is 542. The Morgan fingerprint density at radius 1 is 1.35 bits per heavy atom. The predicted molar refractivity (Wildman–Crippen MR) is 63.7 cm³/mol. The normalized spacial score (nSPS) is 10.2. The third-order valence-corrected chi connectivity index (χ3v) is 2.64. The summed E-state index contributed by atoms with van der Waals surface area (Å²) in [6, 6.07) is 7.61. The summed E-state index contributed by atoms with van der Waals surface area (Å²) in [5.41, 5.74) is 1.11. The monoisotopic (exact) mass is 249 g/mol. The van der Waals surface area contributed by atoms with E-state index in [1.165, 1.54) is 12.1 Å². The number of hydrogen-bond acceptors (Lipinski definition) is 2. The summed E-state index contributed by atoms with van der Waals surface area (Å²) in [5, 5.41) is 0.0166. The number of Topliss-reactive ketones (excluding diaryl/α,β-unsaturated/α-hetero) is 1. The molecule has 0 aliphatic carbocycles. The molecule has 1 heterocycles. The average molecular weight is 250 g/mol. The molecule has 0 aliphatic heterocycles. The minimum atomic E-state index is -0.580. The van der Waals surface area contributed by atoms with Crippen LogP contribution in [0.25, 0.3) is 0 Å². The van der Waals surface area contributed by atoms with Crippen LogP contribution in [0.5, 0.6) is 0 Å². The number of nitrogens with zero attached hydrogens (tertiary/aromatic N) is 1. The molecule has 0 fully saturated rings. The van der Waals surface area contributed by atoms with E-state index in [2.05, 4.69) is 4.98 Å². The maximum atomic E-state index is 13.2. The zero-order chi connectivity index (χ0) is 12.3. The van der Waals surface area contributed by atoms with Crippen molar-refractivity contribution >= 4 is 17.4 Å². The standard InChI is InChI=1S/C13H9ClFNO/c14-11-4-3-10(7-12(11)15)13(17)6-9-2-1-5-16-8-9/h1-5,7-8H,6H2. The highest BCUT2D eigenvalue weighted by Crippen LogP contribution is 2.16. The Morgan fingerprint density at radius 3 is 2.82 bits per heavy atom. The van der Waals surface area contributed by atoms with Crippen LogP contribution in [-0.4, -0.2) is 10.8 Å². The van der Waals surface area contributed by atoms with E-state index in [0.29, 0.717) is 5.56 Å². The minimum absolute atomic E-state index is 0.0166. The molecule has 86 valence electrons. The van der Waals surface area contributed by atoms with Crippen molar-refractivity contribution in [3.8, 4) is 0 Å². The van der Waals surface area contributed by atoms with E-state index in [1.54, 1.807) is 24.5 Å². The minimum Gasteiger partial charge on any atom is -0.294 e. The first-order valence-corrected chi connectivity index (χ1v) is 5.42. The van der Waals surface area contributed by atoms with Crippen LogP contribution in [0.3, 0.4) is 0 Å². The molecule has 0 atom stereocenters. The van der Waals surface area contributed by atoms with E-state index in [1.807, 2.05) is 0 Å². The number of halogens is 2. The van der Waals surface area contributed by atoms with Gasteiger partial charge < -0.3 is 0 Å². The lowest BCUT2D eigenvalue weighted by Crippen LogP contribution is -2.04. The SMILES string of the molecule is O=C(Cc1cccnc1)c1ccc(Cl)c(F)c1. The third-order valence-electron chi connectivity index (χ3n) is 2.33. The Hall–Kier alpha value is -1.74. The van der Waals surface area contributed by atoms with Gasteiger partial charge >= 0.3 is 0 Å². The van der Waals surface area contributed by atoms with E-state index in [9.17, 15) is 9.18 Å². The molecule has 0 spiro atoms. The van der Waals surface area contributed by atoms with Gasteiger partial charge in [-0.2, -0.15) is 0 Å². The first-order chi connectivity index (χ1) is 8.16. The van der Waals surface area contributed by atoms with E-state index in [-0.39, 0.29) is 17.2 Å². The third kappa shape index (κ3) is 2.88. The first kappa shape index (κ1) is 11.7. The molecular weight excluding hydrogens is 241 g/mol. The maximum Gasteiger partial charge on any atom is 0.167 e. The van der Waals surface area contributed by atoms with Crippen molar-refractivity contribution in [3.63, 3.8) is 0 Å². The van der Waals surface area contributed by atoms with Gasteiger partial charge in [-0.15, -0.1) is 0 Å². The van der Waals surface area contributed by atoms with Crippen molar-refractivity contribution < 1.29 is 9.18 Å². The largest absolute Gasteiger partial charge is 0.294 e. The molecule has 1 aromatic carbocycles. The molecule has 0 N–H and O–H groups in total. The summed E-state index contributed by atoms with van der Waals surface area (Å²) in [7, 11) is 0. The first-order valence-electron chi connectivity index (χ1n) is 5.04. The smallest absolute Gasteiger partial charge is 0.167 e. The van der Waals surface area contributed by atoms with Gasteiger partial charge in [-0.3, -0.25) is 9.78 Å². The van der Waals surface area contributed by atoms with Crippen LogP contribution >= 0.6 is 11.6 Å². The van der Waals surface area contributed by atoms with Crippen molar-refractivity contribution in [2.75, 3.05) is 0 Å². The number of ketones is 1. The predicted octanol–water partition coefficient (Wildman–Crippen LogP) is 3.30. The number of carbonyl (C=O) groups is 1. The fraction of sp³-hybridized carbons (Fsp3) is 0.0769. The molecule has 0 amide bonds. The van der Waals surface area contributed by atoms with Crippen LogP contribution in [-0.2, 0) is 6.42 Å². The highest BCUT2D eigenvalue weighted by atomic mass is 35.5. The molecule has 0 saturated carbocycles. The Kier molecular flexibility index (Phi) is 3.49. The van der Waals surface area contributed by atoms with Gasteiger partial charge in [0.25, 0.3) is 0 Å². The Balaban J connectivity index is 2.18. The van der Waals surface area contributed by atoms with Crippen LogP contribution in [0.2, 0.25) is 5.02 Å². The summed E-state index contributed by atoms with van der Waals surface area (Å²) in [6.07, 6.45) is 3.45. The summed E-state index contributed by atoms with van der Waals surface area (Å²) in [6.45, 7) is 0. The Morgan fingerprint density at radius 2 is 2.18 bits per heavy atom.